The van der Waals surface area contributed by atoms with Gasteiger partial charge in [0.2, 0.25) is 11.8 Å². The number of nitrogens with one attached hydrogen (secondary N) is 1. The van der Waals surface area contributed by atoms with Crippen molar-refractivity contribution in [2.75, 3.05) is 5.32 Å². The van der Waals surface area contributed by atoms with Crippen molar-refractivity contribution in [2.24, 2.45) is 0 Å². The number of nitro benzene ring substituents is 1. The molecule has 1 N–H and O–H groups in total. The second-order valence-electron chi connectivity index (χ2n) is 8.66. The number of para-hydroxylation sites is 1. The van der Waals surface area contributed by atoms with Crippen molar-refractivity contribution in [3.05, 3.63) is 75.3 Å². The van der Waals surface area contributed by atoms with Gasteiger partial charge in [-0.15, -0.1) is 0 Å². The molecule has 35 heavy (non-hydrogen) atoms. The molecule has 0 unspecified atom stereocenters. The van der Waals surface area contributed by atoms with Gasteiger partial charge < -0.3 is 9.88 Å². The molecule has 176 valence electrons. The fourth-order valence-corrected chi connectivity index (χ4v) is 4.52. The largest absolute Gasteiger partial charge is 0.347 e. The number of hydrogen-bond donors (Lipinski definition) is 1. The maximum atomic E-state index is 14.0. The molecule has 0 atom stereocenters. The van der Waals surface area contributed by atoms with Gasteiger partial charge in [0.15, 0.2) is 0 Å². The number of aromatic nitrogens is 3. The average Bonchev–Trinajstić information content (AvgIpc) is 3.22. The molecule has 0 saturated heterocycles. The van der Waals surface area contributed by atoms with Crippen LogP contribution in [-0.4, -0.2) is 19.5 Å². The Labute approximate surface area is 202 Å². The van der Waals surface area contributed by atoms with Crippen molar-refractivity contribution in [3.63, 3.8) is 0 Å². The predicted octanol–water partition coefficient (Wildman–Crippen LogP) is 6.30. The zero-order chi connectivity index (χ0) is 24.5. The summed E-state index contributed by atoms with van der Waals surface area (Å²) in [5, 5.41) is 15.4. The highest BCUT2D eigenvalue weighted by Gasteiger charge is 2.21. The van der Waals surface area contributed by atoms with Crippen LogP contribution in [0.25, 0.3) is 22.2 Å². The Hall–Kier alpha value is -4.25. The van der Waals surface area contributed by atoms with Gasteiger partial charge in [-0.2, -0.15) is 4.39 Å². The van der Waals surface area contributed by atoms with E-state index in [9.17, 15) is 14.5 Å². The summed E-state index contributed by atoms with van der Waals surface area (Å²) in [7, 11) is 0. The molecule has 4 aromatic rings. The molecule has 0 amide bonds. The van der Waals surface area contributed by atoms with Gasteiger partial charge in [0, 0.05) is 42.4 Å². The van der Waals surface area contributed by atoms with E-state index in [0.717, 1.165) is 54.8 Å². The van der Waals surface area contributed by atoms with Crippen LogP contribution < -0.4 is 5.32 Å². The smallest absolute Gasteiger partial charge is 0.306 e. The molecule has 0 radical (unpaired) electrons. The van der Waals surface area contributed by atoms with E-state index in [2.05, 4.69) is 58.0 Å². The molecule has 0 fully saturated rings. The quantitative estimate of drug-likeness (QED) is 0.211. The second kappa shape index (κ2) is 9.18. The van der Waals surface area contributed by atoms with Crippen LogP contribution in [0.4, 0.5) is 21.7 Å². The van der Waals surface area contributed by atoms with E-state index in [4.69, 9.17) is 4.98 Å². The summed E-state index contributed by atoms with van der Waals surface area (Å²) in [5.74, 6) is 5.78. The third kappa shape index (κ3) is 4.21. The summed E-state index contributed by atoms with van der Waals surface area (Å²) in [6, 6.07) is 8.64. The minimum Gasteiger partial charge on any atom is -0.347 e. The molecule has 0 spiro atoms. The van der Waals surface area contributed by atoms with Crippen LogP contribution in [0.15, 0.2) is 42.7 Å². The van der Waals surface area contributed by atoms with E-state index in [1.165, 1.54) is 17.1 Å². The van der Waals surface area contributed by atoms with Crippen LogP contribution in [0.3, 0.4) is 0 Å². The first-order chi connectivity index (χ1) is 17.0. The van der Waals surface area contributed by atoms with Gasteiger partial charge >= 0.3 is 5.69 Å². The normalized spacial score (nSPS) is 12.3. The Bertz CT molecular complexity index is 1530. The Morgan fingerprint density at radius 3 is 2.97 bits per heavy atom. The van der Waals surface area contributed by atoms with E-state index >= 15 is 0 Å². The monoisotopic (exact) mass is 469 g/mol. The summed E-state index contributed by atoms with van der Waals surface area (Å²) in [6.45, 7) is 4.69. The number of unbranched alkanes of at least 4 members (excludes halogenated alkanes) is 1. The molecule has 0 aliphatic carbocycles. The lowest BCUT2D eigenvalue weighted by atomic mass is 10.0. The van der Waals surface area contributed by atoms with Crippen LogP contribution in [0.1, 0.15) is 42.9 Å². The summed E-state index contributed by atoms with van der Waals surface area (Å²) >= 11 is 0. The molecule has 3 heterocycles. The first-order valence-corrected chi connectivity index (χ1v) is 11.6. The van der Waals surface area contributed by atoms with Gasteiger partial charge in [0.05, 0.1) is 27.4 Å². The lowest BCUT2D eigenvalue weighted by Crippen LogP contribution is -2.05. The zero-order valence-corrected chi connectivity index (χ0v) is 19.6. The van der Waals surface area contributed by atoms with Gasteiger partial charge in [-0.1, -0.05) is 37.0 Å². The molecule has 7 nitrogen and oxygen atoms in total. The van der Waals surface area contributed by atoms with E-state index in [1.54, 1.807) is 13.1 Å². The molecule has 2 aromatic carbocycles. The van der Waals surface area contributed by atoms with Gasteiger partial charge in [-0.25, -0.2) is 9.97 Å². The third-order valence-corrected chi connectivity index (χ3v) is 6.21. The average molecular weight is 470 g/mol. The molecular formula is C27H24FN5O2. The minimum atomic E-state index is -0.879. The zero-order valence-electron chi connectivity index (χ0n) is 19.6. The molecule has 2 aromatic heterocycles. The number of aryl methyl sites for hydroxylation is 3. The molecule has 0 saturated carbocycles. The van der Waals surface area contributed by atoms with Crippen molar-refractivity contribution in [1.82, 2.24) is 14.5 Å². The van der Waals surface area contributed by atoms with Crippen molar-refractivity contribution in [3.8, 4) is 23.1 Å². The summed E-state index contributed by atoms with van der Waals surface area (Å²) in [6.07, 6.45) is 7.65. The molecule has 8 heteroatoms. The first kappa shape index (κ1) is 22.5. The Morgan fingerprint density at radius 2 is 2.17 bits per heavy atom. The van der Waals surface area contributed by atoms with E-state index < -0.39 is 16.4 Å². The molecule has 5 rings (SSSR count). The van der Waals surface area contributed by atoms with Crippen LogP contribution in [0.5, 0.6) is 0 Å². The topological polar surface area (TPSA) is 85.9 Å². The fourth-order valence-electron chi connectivity index (χ4n) is 4.52. The Balaban J connectivity index is 1.64. The van der Waals surface area contributed by atoms with E-state index in [1.807, 2.05) is 0 Å². The summed E-state index contributed by atoms with van der Waals surface area (Å²) in [4.78, 5) is 19.7. The van der Waals surface area contributed by atoms with Crippen molar-refractivity contribution >= 4 is 28.2 Å². The van der Waals surface area contributed by atoms with Crippen molar-refractivity contribution in [2.45, 2.75) is 46.1 Å². The second-order valence-corrected chi connectivity index (χ2v) is 8.66. The predicted molar refractivity (Wildman–Crippen MR) is 134 cm³/mol. The highest BCUT2D eigenvalue weighted by Crippen LogP contribution is 2.36. The number of nitro groups is 1. The SMILES string of the molecule is CCCC#Cc1cnc(Nc2cc([N+](=O)[O-])c(F)cc2C)nc1-c1cn2c3c(cccc13)CCC2. The van der Waals surface area contributed by atoms with Gasteiger partial charge in [-0.05, 0) is 43.4 Å². The number of anilines is 2. The number of hydrogen-bond acceptors (Lipinski definition) is 5. The molecular weight excluding hydrogens is 445 g/mol. The maximum absolute atomic E-state index is 14.0. The van der Waals surface area contributed by atoms with Crippen molar-refractivity contribution in [1.29, 1.82) is 0 Å². The van der Waals surface area contributed by atoms with Crippen molar-refractivity contribution < 1.29 is 9.31 Å². The Kier molecular flexibility index (Phi) is 5.91. The highest BCUT2D eigenvalue weighted by molar-refractivity contribution is 5.98. The third-order valence-electron chi connectivity index (χ3n) is 6.21. The molecule has 1 aliphatic heterocycles. The van der Waals surface area contributed by atoms with Crippen LogP contribution in [0, 0.1) is 34.7 Å². The number of halogens is 1. The highest BCUT2D eigenvalue weighted by atomic mass is 19.1. The lowest BCUT2D eigenvalue weighted by molar-refractivity contribution is -0.387. The van der Waals surface area contributed by atoms with E-state index in [-0.39, 0.29) is 5.95 Å². The lowest BCUT2D eigenvalue weighted by Gasteiger charge is -2.14. The van der Waals surface area contributed by atoms with Gasteiger partial charge in [0.1, 0.15) is 0 Å². The van der Waals surface area contributed by atoms with Gasteiger partial charge in [-0.3, -0.25) is 10.1 Å². The fraction of sp³-hybridized carbons (Fsp3) is 0.259. The number of benzene rings is 2. The Morgan fingerprint density at radius 1 is 1.31 bits per heavy atom. The summed E-state index contributed by atoms with van der Waals surface area (Å²) in [5.41, 5.74) is 5.21. The van der Waals surface area contributed by atoms with Crippen LogP contribution in [0.2, 0.25) is 0 Å². The molecule has 1 aliphatic rings. The first-order valence-electron chi connectivity index (χ1n) is 11.6. The minimum absolute atomic E-state index is 0.261. The van der Waals surface area contributed by atoms with E-state index in [0.29, 0.717) is 16.9 Å². The maximum Gasteiger partial charge on any atom is 0.306 e. The standard InChI is InChI=1S/C27H24FN5O2/c1-3-4-5-8-19-15-29-27(30-23-14-24(33(34)35)22(28)13-17(23)2)31-25(19)21-16-32-12-7-10-18-9-6-11-20(21)26(18)32/h6,9,11,13-16H,3-4,7,10,12H2,1-2H3,(H,29,30,31). The number of rotatable bonds is 5. The van der Waals surface area contributed by atoms with Crippen LogP contribution in [-0.2, 0) is 13.0 Å². The van der Waals surface area contributed by atoms with Crippen LogP contribution >= 0.6 is 0 Å². The van der Waals surface area contributed by atoms with Gasteiger partial charge in [0.25, 0.3) is 0 Å². The number of nitrogens with zero attached hydrogens (tertiary/aromatic N) is 4. The molecule has 0 bridgehead atoms. The summed E-state index contributed by atoms with van der Waals surface area (Å²) < 4.78 is 16.3.